The van der Waals surface area contributed by atoms with Crippen molar-refractivity contribution in [3.63, 3.8) is 0 Å². The third-order valence-electron chi connectivity index (χ3n) is 4.02. The largest absolute Gasteiger partial charge is 0.378 e. The van der Waals surface area contributed by atoms with Crippen molar-refractivity contribution in [2.24, 2.45) is 0 Å². The minimum absolute atomic E-state index is 0.0327. The van der Waals surface area contributed by atoms with Gasteiger partial charge >= 0.3 is 0 Å². The summed E-state index contributed by atoms with van der Waals surface area (Å²) in [6.45, 7) is 1.77. The van der Waals surface area contributed by atoms with Gasteiger partial charge in [-0.1, -0.05) is 30.3 Å². The average Bonchev–Trinajstić information content (AvgIpc) is 2.67. The third kappa shape index (κ3) is 3.56. The Hall–Kier alpha value is -3.06. The lowest BCUT2D eigenvalue weighted by Gasteiger charge is -2.26. The minimum atomic E-state index is -0.633. The maximum absolute atomic E-state index is 12.5. The van der Waals surface area contributed by atoms with Crippen LogP contribution in [-0.2, 0) is 4.74 Å². The Balaban J connectivity index is 1.94. The predicted octanol–water partition coefficient (Wildman–Crippen LogP) is 2.30. The highest BCUT2D eigenvalue weighted by molar-refractivity contribution is 6.12. The van der Waals surface area contributed by atoms with Crippen LogP contribution < -0.4 is 0 Å². The molecule has 0 atom stereocenters. The Morgan fingerprint density at radius 1 is 1.00 bits per heavy atom. The Kier molecular flexibility index (Phi) is 4.85. The molecule has 1 amide bonds. The zero-order valence-electron chi connectivity index (χ0n) is 13.4. The number of amides is 1. The highest BCUT2D eigenvalue weighted by Gasteiger charge is 2.25. The highest BCUT2D eigenvalue weighted by Crippen LogP contribution is 2.24. The maximum Gasteiger partial charge on any atom is 0.281 e. The maximum atomic E-state index is 12.5. The third-order valence-corrected chi connectivity index (χ3v) is 4.02. The molecule has 2 aromatic carbocycles. The number of hydrogen-bond acceptors (Lipinski definition) is 5. The lowest BCUT2D eigenvalue weighted by molar-refractivity contribution is -0.385. The summed E-state index contributed by atoms with van der Waals surface area (Å²) in [7, 11) is 0. The molecule has 0 aromatic heterocycles. The molecule has 0 spiro atoms. The Morgan fingerprint density at radius 3 is 2.32 bits per heavy atom. The van der Waals surface area contributed by atoms with Crippen molar-refractivity contribution in [1.82, 2.24) is 4.90 Å². The van der Waals surface area contributed by atoms with Gasteiger partial charge in [0.05, 0.1) is 18.1 Å². The molecule has 0 radical (unpaired) electrons. The first-order chi connectivity index (χ1) is 12.1. The van der Waals surface area contributed by atoms with E-state index in [9.17, 15) is 19.7 Å². The number of benzene rings is 2. The van der Waals surface area contributed by atoms with E-state index in [1.807, 2.05) is 0 Å². The van der Waals surface area contributed by atoms with Crippen LogP contribution in [0.4, 0.5) is 5.69 Å². The number of nitrogens with zero attached hydrogens (tertiary/aromatic N) is 2. The van der Waals surface area contributed by atoms with Crippen LogP contribution in [0.15, 0.2) is 48.5 Å². The summed E-state index contributed by atoms with van der Waals surface area (Å²) in [5, 5.41) is 11.4. The number of carbonyl (C=O) groups is 2. The van der Waals surface area contributed by atoms with Crippen LogP contribution >= 0.6 is 0 Å². The van der Waals surface area contributed by atoms with Crippen molar-refractivity contribution < 1.29 is 19.2 Å². The number of nitro groups is 1. The van der Waals surface area contributed by atoms with Gasteiger partial charge in [0.2, 0.25) is 0 Å². The van der Waals surface area contributed by atoms with Gasteiger partial charge in [0.1, 0.15) is 5.56 Å². The van der Waals surface area contributed by atoms with Gasteiger partial charge < -0.3 is 9.64 Å². The van der Waals surface area contributed by atoms with Gasteiger partial charge in [0.25, 0.3) is 11.6 Å². The first-order valence-electron chi connectivity index (χ1n) is 7.83. The quantitative estimate of drug-likeness (QED) is 0.484. The van der Waals surface area contributed by atoms with Crippen LogP contribution in [0.2, 0.25) is 0 Å². The number of rotatable bonds is 4. The molecule has 0 saturated carbocycles. The fourth-order valence-corrected chi connectivity index (χ4v) is 2.70. The predicted molar refractivity (Wildman–Crippen MR) is 89.7 cm³/mol. The summed E-state index contributed by atoms with van der Waals surface area (Å²) in [5.41, 5.74) is 0.152. The van der Waals surface area contributed by atoms with E-state index in [0.717, 1.165) is 0 Å². The number of ketones is 1. The summed E-state index contributed by atoms with van der Waals surface area (Å²) in [6.07, 6.45) is 0. The number of carbonyl (C=O) groups excluding carboxylic acids is 2. The van der Waals surface area contributed by atoms with E-state index in [4.69, 9.17) is 4.74 Å². The normalized spacial score (nSPS) is 14.2. The number of ether oxygens (including phenoxy) is 1. The van der Waals surface area contributed by atoms with Crippen molar-refractivity contribution in [2.75, 3.05) is 26.3 Å². The smallest absolute Gasteiger partial charge is 0.281 e. The Morgan fingerprint density at radius 2 is 1.68 bits per heavy atom. The molecule has 1 aliphatic heterocycles. The minimum Gasteiger partial charge on any atom is -0.378 e. The van der Waals surface area contributed by atoms with Crippen molar-refractivity contribution in [1.29, 1.82) is 0 Å². The van der Waals surface area contributed by atoms with Gasteiger partial charge in [-0.3, -0.25) is 19.7 Å². The fraction of sp³-hybridized carbons (Fsp3) is 0.222. The first-order valence-corrected chi connectivity index (χ1v) is 7.83. The molecule has 0 bridgehead atoms. The van der Waals surface area contributed by atoms with Crippen molar-refractivity contribution in [2.45, 2.75) is 0 Å². The second-order valence-electron chi connectivity index (χ2n) is 5.59. The van der Waals surface area contributed by atoms with Crippen molar-refractivity contribution in [3.8, 4) is 0 Å². The number of hydrogen-bond donors (Lipinski definition) is 0. The van der Waals surface area contributed by atoms with E-state index in [1.54, 1.807) is 35.2 Å². The fourth-order valence-electron chi connectivity index (χ4n) is 2.70. The van der Waals surface area contributed by atoms with E-state index in [2.05, 4.69) is 0 Å². The summed E-state index contributed by atoms with van der Waals surface area (Å²) in [5.74, 6) is -0.747. The Bertz CT molecular complexity index is 813. The van der Waals surface area contributed by atoms with Gasteiger partial charge in [0, 0.05) is 30.3 Å². The van der Waals surface area contributed by atoms with E-state index in [-0.39, 0.29) is 22.7 Å². The van der Waals surface area contributed by atoms with E-state index in [0.29, 0.717) is 31.9 Å². The van der Waals surface area contributed by atoms with Crippen LogP contribution in [0, 0.1) is 10.1 Å². The molecule has 7 nitrogen and oxygen atoms in total. The van der Waals surface area contributed by atoms with Crippen molar-refractivity contribution in [3.05, 3.63) is 75.3 Å². The number of nitro benzene ring substituents is 1. The van der Waals surface area contributed by atoms with Crippen LogP contribution in [-0.4, -0.2) is 47.8 Å². The summed E-state index contributed by atoms with van der Waals surface area (Å²) >= 11 is 0. The molecule has 0 N–H and O–H groups in total. The summed E-state index contributed by atoms with van der Waals surface area (Å²) in [6, 6.07) is 12.3. The number of morpholine rings is 1. The molecule has 7 heteroatoms. The molecule has 0 aliphatic carbocycles. The molecule has 1 fully saturated rings. The summed E-state index contributed by atoms with van der Waals surface area (Å²) in [4.78, 5) is 37.4. The summed E-state index contributed by atoms with van der Waals surface area (Å²) < 4.78 is 5.20. The van der Waals surface area contributed by atoms with Gasteiger partial charge in [-0.2, -0.15) is 0 Å². The van der Waals surface area contributed by atoms with Crippen LogP contribution in [0.1, 0.15) is 26.3 Å². The molecule has 1 heterocycles. The lowest BCUT2D eigenvalue weighted by Crippen LogP contribution is -2.40. The molecular weight excluding hydrogens is 324 g/mol. The van der Waals surface area contributed by atoms with Crippen LogP contribution in [0.5, 0.6) is 0 Å². The standard InChI is InChI=1S/C18H16N2O5/c21-17(13-4-2-1-3-5-13)15-7-6-14(12-16(15)20(23)24)18(22)19-8-10-25-11-9-19/h1-7,12H,8-11H2. The van der Waals surface area contributed by atoms with Crippen LogP contribution in [0.25, 0.3) is 0 Å². The second kappa shape index (κ2) is 7.23. The van der Waals surface area contributed by atoms with Gasteiger partial charge in [-0.05, 0) is 12.1 Å². The van der Waals surface area contributed by atoms with Gasteiger partial charge in [0.15, 0.2) is 5.78 Å². The Labute approximate surface area is 144 Å². The monoisotopic (exact) mass is 340 g/mol. The van der Waals surface area contributed by atoms with Crippen LogP contribution in [0.3, 0.4) is 0 Å². The second-order valence-corrected chi connectivity index (χ2v) is 5.59. The molecule has 128 valence electrons. The molecule has 0 unspecified atom stereocenters. The zero-order chi connectivity index (χ0) is 17.8. The zero-order valence-corrected chi connectivity index (χ0v) is 13.4. The molecule has 3 rings (SSSR count). The molecule has 2 aromatic rings. The lowest BCUT2D eigenvalue weighted by atomic mass is 9.99. The van der Waals surface area contributed by atoms with Gasteiger partial charge in [-0.15, -0.1) is 0 Å². The van der Waals surface area contributed by atoms with E-state index < -0.39 is 10.7 Å². The molecular formula is C18H16N2O5. The average molecular weight is 340 g/mol. The van der Waals surface area contributed by atoms with E-state index in [1.165, 1.54) is 18.2 Å². The van der Waals surface area contributed by atoms with Gasteiger partial charge in [-0.25, -0.2) is 0 Å². The highest BCUT2D eigenvalue weighted by atomic mass is 16.6. The van der Waals surface area contributed by atoms with E-state index >= 15 is 0 Å². The SMILES string of the molecule is O=C(c1ccccc1)c1ccc(C(=O)N2CCOCC2)cc1[N+](=O)[O-]. The topological polar surface area (TPSA) is 89.8 Å². The van der Waals surface area contributed by atoms with Crippen molar-refractivity contribution >= 4 is 17.4 Å². The molecule has 1 aliphatic rings. The first kappa shape index (κ1) is 16.8. The molecule has 25 heavy (non-hydrogen) atoms. The molecule has 1 saturated heterocycles.